The lowest BCUT2D eigenvalue weighted by Gasteiger charge is -2.18. The van der Waals surface area contributed by atoms with Crippen LogP contribution in [0.15, 0.2) is 27.5 Å². The Balaban J connectivity index is 1.37. The second-order valence-corrected chi connectivity index (χ2v) is 8.78. The van der Waals surface area contributed by atoms with Gasteiger partial charge < -0.3 is 4.52 Å². The summed E-state index contributed by atoms with van der Waals surface area (Å²) in [6.45, 7) is 4.56. The lowest BCUT2D eigenvalue weighted by atomic mass is 9.91. The lowest BCUT2D eigenvalue weighted by molar-refractivity contribution is 0.0945. The number of hydrogen-bond donors (Lipinski definition) is 0. The maximum atomic E-state index is 13.5. The van der Waals surface area contributed by atoms with Crippen molar-refractivity contribution in [1.82, 2.24) is 14.7 Å². The summed E-state index contributed by atoms with van der Waals surface area (Å²) >= 11 is 0. The van der Waals surface area contributed by atoms with E-state index in [-0.39, 0.29) is 23.1 Å². The minimum atomic E-state index is -0.320. The molecular formula is C25H30FN3O3. The minimum Gasteiger partial charge on any atom is -0.356 e. The van der Waals surface area contributed by atoms with Crippen molar-refractivity contribution >= 4 is 16.8 Å². The summed E-state index contributed by atoms with van der Waals surface area (Å²) in [5.74, 6) is 0.243. The highest BCUT2D eigenvalue weighted by molar-refractivity contribution is 5.93. The minimum absolute atomic E-state index is 0.0342. The highest BCUT2D eigenvalue weighted by Gasteiger charge is 2.23. The number of carbonyl (C=O) groups excluding carboxylic acids is 1. The van der Waals surface area contributed by atoms with E-state index in [9.17, 15) is 14.0 Å². The van der Waals surface area contributed by atoms with E-state index in [0.717, 1.165) is 55.2 Å². The molecule has 1 aliphatic rings. The molecule has 0 fully saturated rings. The van der Waals surface area contributed by atoms with E-state index in [1.165, 1.54) is 12.1 Å². The molecule has 0 amide bonds. The van der Waals surface area contributed by atoms with Crippen LogP contribution < -0.4 is 5.56 Å². The topological polar surface area (TPSA) is 78.0 Å². The molecule has 0 saturated carbocycles. The zero-order chi connectivity index (χ0) is 22.7. The summed E-state index contributed by atoms with van der Waals surface area (Å²) in [5.41, 5.74) is 2.78. The van der Waals surface area contributed by atoms with Gasteiger partial charge >= 0.3 is 0 Å². The molecule has 0 spiro atoms. The van der Waals surface area contributed by atoms with Crippen molar-refractivity contribution in [3.63, 3.8) is 0 Å². The van der Waals surface area contributed by atoms with Crippen molar-refractivity contribution in [1.29, 1.82) is 0 Å². The van der Waals surface area contributed by atoms with E-state index in [1.54, 1.807) is 10.6 Å². The number of benzene rings is 1. The molecule has 0 N–H and O–H groups in total. The van der Waals surface area contributed by atoms with Gasteiger partial charge in [-0.25, -0.2) is 9.37 Å². The number of ketones is 1. The smallest absolute Gasteiger partial charge is 0.257 e. The maximum Gasteiger partial charge on any atom is 0.257 e. The molecule has 1 aliphatic heterocycles. The summed E-state index contributed by atoms with van der Waals surface area (Å²) in [5, 5.41) is 5.14. The summed E-state index contributed by atoms with van der Waals surface area (Å²) in [7, 11) is 0. The fourth-order valence-electron chi connectivity index (χ4n) is 4.78. The van der Waals surface area contributed by atoms with Crippen molar-refractivity contribution in [3.8, 4) is 0 Å². The van der Waals surface area contributed by atoms with Crippen LogP contribution in [-0.2, 0) is 13.0 Å². The van der Waals surface area contributed by atoms with Crippen LogP contribution in [0, 0.1) is 12.7 Å². The van der Waals surface area contributed by atoms with Crippen LogP contribution in [0.5, 0.6) is 0 Å². The highest BCUT2D eigenvalue weighted by Crippen LogP contribution is 2.32. The van der Waals surface area contributed by atoms with Crippen LogP contribution in [0.25, 0.3) is 11.0 Å². The van der Waals surface area contributed by atoms with Crippen molar-refractivity contribution < 1.29 is 13.7 Å². The quantitative estimate of drug-likeness (QED) is 0.412. The van der Waals surface area contributed by atoms with Crippen LogP contribution in [-0.4, -0.2) is 20.5 Å². The first-order chi connectivity index (χ1) is 15.5. The number of aryl methyl sites for hydroxylation is 1. The monoisotopic (exact) mass is 439 g/mol. The predicted octanol–water partition coefficient (Wildman–Crippen LogP) is 5.50. The largest absolute Gasteiger partial charge is 0.356 e. The lowest BCUT2D eigenvalue weighted by Crippen LogP contribution is -2.34. The third-order valence-electron chi connectivity index (χ3n) is 6.47. The molecule has 0 saturated heterocycles. The van der Waals surface area contributed by atoms with E-state index < -0.39 is 0 Å². The molecule has 4 rings (SSSR count). The Bertz CT molecular complexity index is 1180. The van der Waals surface area contributed by atoms with Crippen LogP contribution in [0.2, 0.25) is 0 Å². The van der Waals surface area contributed by atoms with Gasteiger partial charge in [-0.3, -0.25) is 14.2 Å². The Labute approximate surface area is 186 Å². The summed E-state index contributed by atoms with van der Waals surface area (Å²) in [6, 6.07) is 4.59. The molecule has 1 atom stereocenters. The number of aromatic nitrogens is 3. The number of carbonyl (C=O) groups is 1. The first-order valence-electron chi connectivity index (χ1n) is 11.7. The van der Waals surface area contributed by atoms with Crippen LogP contribution in [0.4, 0.5) is 4.39 Å². The SMILES string of the molecule is CCCC(CCCCCc1c(C)nc2n(c1=O)CCCC2=O)c1noc2cc(F)ccc12. The number of nitrogens with zero attached hydrogens (tertiary/aromatic N) is 3. The van der Waals surface area contributed by atoms with Crippen molar-refractivity contribution in [2.45, 2.75) is 84.1 Å². The summed E-state index contributed by atoms with van der Waals surface area (Å²) in [6.07, 6.45) is 7.77. The number of unbranched alkanes of at least 4 members (excludes halogenated alkanes) is 2. The van der Waals surface area contributed by atoms with Crippen molar-refractivity contribution in [2.75, 3.05) is 0 Å². The second kappa shape index (κ2) is 9.76. The van der Waals surface area contributed by atoms with E-state index in [4.69, 9.17) is 4.52 Å². The number of fused-ring (bicyclic) bond motifs is 2. The molecular weight excluding hydrogens is 409 g/mol. The van der Waals surface area contributed by atoms with Gasteiger partial charge in [0.1, 0.15) is 5.82 Å². The van der Waals surface area contributed by atoms with Gasteiger partial charge in [0.2, 0.25) is 0 Å². The van der Waals surface area contributed by atoms with Gasteiger partial charge in [0, 0.05) is 41.6 Å². The fourth-order valence-corrected chi connectivity index (χ4v) is 4.78. The maximum absolute atomic E-state index is 13.5. The van der Waals surface area contributed by atoms with E-state index >= 15 is 0 Å². The molecule has 7 heteroatoms. The zero-order valence-electron chi connectivity index (χ0n) is 18.8. The summed E-state index contributed by atoms with van der Waals surface area (Å²) < 4.78 is 20.4. The third kappa shape index (κ3) is 4.52. The molecule has 2 aromatic heterocycles. The fraction of sp³-hybridized carbons (Fsp3) is 0.520. The third-order valence-corrected chi connectivity index (χ3v) is 6.47. The van der Waals surface area contributed by atoms with Gasteiger partial charge in [-0.1, -0.05) is 31.3 Å². The standard InChI is InChI=1S/C25H30FN3O3/c1-3-8-17(23-20-13-12-18(26)15-22(20)32-28-23)9-5-4-6-10-19-16(2)27-24-21(30)11-7-14-29(24)25(19)31/h12-13,15,17H,3-11,14H2,1-2H3. The van der Waals surface area contributed by atoms with Gasteiger partial charge in [0.15, 0.2) is 17.2 Å². The van der Waals surface area contributed by atoms with Crippen molar-refractivity contribution in [3.05, 3.63) is 57.1 Å². The number of halogens is 1. The zero-order valence-corrected chi connectivity index (χ0v) is 18.8. The molecule has 170 valence electrons. The predicted molar refractivity (Wildman–Crippen MR) is 121 cm³/mol. The number of rotatable bonds is 9. The average molecular weight is 440 g/mol. The highest BCUT2D eigenvalue weighted by atomic mass is 19.1. The Hall–Kier alpha value is -2.83. The normalized spacial score (nSPS) is 14.7. The number of Topliss-reactive ketones (excluding diaryl/α,β-unsaturated/α-hetero) is 1. The van der Waals surface area contributed by atoms with E-state index in [0.29, 0.717) is 42.9 Å². The van der Waals surface area contributed by atoms with Crippen LogP contribution in [0.3, 0.4) is 0 Å². The Morgan fingerprint density at radius 2 is 2.03 bits per heavy atom. The molecule has 1 unspecified atom stereocenters. The second-order valence-electron chi connectivity index (χ2n) is 8.78. The van der Waals surface area contributed by atoms with Gasteiger partial charge in [0.05, 0.1) is 5.69 Å². The summed E-state index contributed by atoms with van der Waals surface area (Å²) in [4.78, 5) is 29.4. The first-order valence-corrected chi connectivity index (χ1v) is 11.7. The molecule has 1 aromatic carbocycles. The van der Waals surface area contributed by atoms with E-state index in [2.05, 4.69) is 17.1 Å². The number of hydrogen-bond acceptors (Lipinski definition) is 5. The molecule has 3 aromatic rings. The average Bonchev–Trinajstić information content (AvgIpc) is 3.18. The first kappa shape index (κ1) is 22.4. The Morgan fingerprint density at radius 1 is 1.19 bits per heavy atom. The molecule has 6 nitrogen and oxygen atoms in total. The molecule has 32 heavy (non-hydrogen) atoms. The van der Waals surface area contributed by atoms with Gasteiger partial charge in [0.25, 0.3) is 5.56 Å². The van der Waals surface area contributed by atoms with E-state index in [1.807, 2.05) is 6.92 Å². The Morgan fingerprint density at radius 3 is 2.84 bits per heavy atom. The molecule has 0 aliphatic carbocycles. The molecule has 3 heterocycles. The van der Waals surface area contributed by atoms with Gasteiger partial charge in [-0.15, -0.1) is 0 Å². The molecule has 0 radical (unpaired) electrons. The van der Waals surface area contributed by atoms with Gasteiger partial charge in [-0.05, 0) is 51.2 Å². The Kier molecular flexibility index (Phi) is 6.82. The van der Waals surface area contributed by atoms with Crippen molar-refractivity contribution in [2.24, 2.45) is 0 Å². The van der Waals surface area contributed by atoms with Crippen LogP contribution in [0.1, 0.15) is 91.8 Å². The van der Waals surface area contributed by atoms with Crippen LogP contribution >= 0.6 is 0 Å². The van der Waals surface area contributed by atoms with Gasteiger partial charge in [-0.2, -0.15) is 0 Å². The molecule has 0 bridgehead atoms.